The summed E-state index contributed by atoms with van der Waals surface area (Å²) in [4.78, 5) is 2.03. The topological polar surface area (TPSA) is 68.9 Å². The normalized spacial score (nSPS) is 28.4. The number of nitrogens with one attached hydrogen (secondary N) is 1. The van der Waals surface area contributed by atoms with Crippen LogP contribution in [0.2, 0.25) is 0 Å². The number of hydrogen-bond acceptors (Lipinski definition) is 5. The first kappa shape index (κ1) is 20.5. The van der Waals surface area contributed by atoms with Gasteiger partial charge in [0.25, 0.3) is 0 Å². The SMILES string of the molecule is CC1(O)CCC(CCN2CCNC(O)c3oc4ccc(C(F)(F)F)cc4c32)CC1. The van der Waals surface area contributed by atoms with Crippen LogP contribution in [0, 0.1) is 5.92 Å². The molecule has 1 atom stereocenters. The van der Waals surface area contributed by atoms with Crippen LogP contribution in [0.1, 0.15) is 56.6 Å². The number of halogens is 3. The lowest BCUT2D eigenvalue weighted by Crippen LogP contribution is -2.34. The number of nitrogens with zero attached hydrogens (tertiary/aromatic N) is 1. The monoisotopic (exact) mass is 412 g/mol. The second-order valence-corrected chi connectivity index (χ2v) is 8.60. The molecule has 2 aliphatic rings. The third kappa shape index (κ3) is 4.25. The van der Waals surface area contributed by atoms with Gasteiger partial charge in [-0.2, -0.15) is 13.2 Å². The highest BCUT2D eigenvalue weighted by molar-refractivity contribution is 5.94. The second kappa shape index (κ2) is 7.49. The molecule has 2 aromatic rings. The highest BCUT2D eigenvalue weighted by Gasteiger charge is 2.34. The van der Waals surface area contributed by atoms with Gasteiger partial charge < -0.3 is 19.5 Å². The minimum Gasteiger partial charge on any atom is -0.455 e. The summed E-state index contributed by atoms with van der Waals surface area (Å²) in [6.07, 6.45) is -1.18. The Morgan fingerprint density at radius 2 is 2.00 bits per heavy atom. The number of rotatable bonds is 3. The molecule has 0 radical (unpaired) electrons. The molecule has 1 aromatic carbocycles. The molecule has 1 aliphatic heterocycles. The van der Waals surface area contributed by atoms with Crippen LogP contribution in [0.3, 0.4) is 0 Å². The van der Waals surface area contributed by atoms with Gasteiger partial charge in [0.15, 0.2) is 12.0 Å². The molecule has 1 unspecified atom stereocenters. The van der Waals surface area contributed by atoms with Gasteiger partial charge in [0.1, 0.15) is 5.58 Å². The maximum absolute atomic E-state index is 13.2. The molecule has 29 heavy (non-hydrogen) atoms. The molecule has 8 heteroatoms. The van der Waals surface area contributed by atoms with Crippen molar-refractivity contribution < 1.29 is 27.8 Å². The number of hydrogen-bond donors (Lipinski definition) is 3. The van der Waals surface area contributed by atoms with Crippen LogP contribution in [-0.4, -0.2) is 35.4 Å². The number of aliphatic hydroxyl groups is 2. The Balaban J connectivity index is 1.62. The van der Waals surface area contributed by atoms with E-state index in [2.05, 4.69) is 5.32 Å². The predicted octanol–water partition coefficient (Wildman–Crippen LogP) is 4.18. The van der Waals surface area contributed by atoms with Crippen molar-refractivity contribution in [2.24, 2.45) is 5.92 Å². The molecule has 1 aromatic heterocycles. The fourth-order valence-corrected chi connectivity index (χ4v) is 4.48. The van der Waals surface area contributed by atoms with E-state index in [0.717, 1.165) is 44.2 Å². The summed E-state index contributed by atoms with van der Waals surface area (Å²) >= 11 is 0. The van der Waals surface area contributed by atoms with Gasteiger partial charge in [-0.05, 0) is 63.1 Å². The van der Waals surface area contributed by atoms with E-state index in [1.165, 1.54) is 6.07 Å². The van der Waals surface area contributed by atoms with Crippen molar-refractivity contribution in [2.45, 2.75) is 57.0 Å². The zero-order chi connectivity index (χ0) is 20.8. The van der Waals surface area contributed by atoms with E-state index in [-0.39, 0.29) is 5.76 Å². The van der Waals surface area contributed by atoms with Gasteiger partial charge in [-0.3, -0.25) is 5.32 Å². The lowest BCUT2D eigenvalue weighted by atomic mass is 9.78. The molecule has 0 amide bonds. The molecule has 3 N–H and O–H groups in total. The van der Waals surface area contributed by atoms with Crippen LogP contribution in [0.15, 0.2) is 22.6 Å². The molecule has 0 saturated heterocycles. The zero-order valence-corrected chi connectivity index (χ0v) is 16.4. The second-order valence-electron chi connectivity index (χ2n) is 8.60. The van der Waals surface area contributed by atoms with Crippen LogP contribution < -0.4 is 10.2 Å². The van der Waals surface area contributed by atoms with Gasteiger partial charge in [-0.1, -0.05) is 0 Å². The Morgan fingerprint density at radius 1 is 1.28 bits per heavy atom. The third-order valence-corrected chi connectivity index (χ3v) is 6.29. The number of aliphatic hydroxyl groups excluding tert-OH is 1. The molecular formula is C21H27F3N2O3. The molecule has 4 rings (SSSR count). The van der Waals surface area contributed by atoms with E-state index in [0.29, 0.717) is 42.2 Å². The fraction of sp³-hybridized carbons (Fsp3) is 0.619. The Morgan fingerprint density at radius 3 is 2.69 bits per heavy atom. The summed E-state index contributed by atoms with van der Waals surface area (Å²) in [5, 5.41) is 23.8. The van der Waals surface area contributed by atoms with E-state index in [1.54, 1.807) is 0 Å². The first-order valence-electron chi connectivity index (χ1n) is 10.2. The summed E-state index contributed by atoms with van der Waals surface area (Å²) in [5.74, 6) is 0.743. The van der Waals surface area contributed by atoms with Gasteiger partial charge in [-0.25, -0.2) is 0 Å². The molecular weight excluding hydrogens is 385 g/mol. The quantitative estimate of drug-likeness (QED) is 0.706. The predicted molar refractivity (Wildman–Crippen MR) is 104 cm³/mol. The van der Waals surface area contributed by atoms with Crippen LogP contribution in [0.5, 0.6) is 0 Å². The van der Waals surface area contributed by atoms with Crippen LogP contribution in [0.4, 0.5) is 18.9 Å². The molecule has 160 valence electrons. The Kier molecular flexibility index (Phi) is 5.29. The lowest BCUT2D eigenvalue weighted by Gasteiger charge is -2.34. The third-order valence-electron chi connectivity index (χ3n) is 6.29. The number of fused-ring (bicyclic) bond motifs is 3. The van der Waals surface area contributed by atoms with E-state index in [1.807, 2.05) is 11.8 Å². The summed E-state index contributed by atoms with van der Waals surface area (Å²) in [6, 6.07) is 3.44. The number of benzene rings is 1. The average molecular weight is 412 g/mol. The van der Waals surface area contributed by atoms with Crippen LogP contribution >= 0.6 is 0 Å². The van der Waals surface area contributed by atoms with Crippen molar-refractivity contribution in [3.05, 3.63) is 29.5 Å². The fourth-order valence-electron chi connectivity index (χ4n) is 4.48. The Bertz CT molecular complexity index is 868. The molecule has 5 nitrogen and oxygen atoms in total. The van der Waals surface area contributed by atoms with E-state index in [4.69, 9.17) is 4.42 Å². The van der Waals surface area contributed by atoms with E-state index >= 15 is 0 Å². The van der Waals surface area contributed by atoms with Gasteiger partial charge in [0, 0.05) is 25.0 Å². The molecule has 1 aliphatic carbocycles. The smallest absolute Gasteiger partial charge is 0.416 e. The lowest BCUT2D eigenvalue weighted by molar-refractivity contribution is -0.137. The van der Waals surface area contributed by atoms with E-state index in [9.17, 15) is 23.4 Å². The highest BCUT2D eigenvalue weighted by atomic mass is 19.4. The minimum absolute atomic E-state index is 0.267. The molecule has 1 fully saturated rings. The summed E-state index contributed by atoms with van der Waals surface area (Å²) in [7, 11) is 0. The average Bonchev–Trinajstić information content (AvgIpc) is 2.96. The molecule has 0 bridgehead atoms. The summed E-state index contributed by atoms with van der Waals surface area (Å²) in [6.45, 7) is 3.61. The first-order valence-corrected chi connectivity index (χ1v) is 10.2. The zero-order valence-electron chi connectivity index (χ0n) is 16.4. The molecule has 0 spiro atoms. The van der Waals surface area contributed by atoms with Crippen molar-refractivity contribution >= 4 is 16.7 Å². The van der Waals surface area contributed by atoms with Gasteiger partial charge in [0.2, 0.25) is 0 Å². The maximum Gasteiger partial charge on any atom is 0.416 e. The van der Waals surface area contributed by atoms with Crippen molar-refractivity contribution in [3.63, 3.8) is 0 Å². The standard InChI is InChI=1S/C21H27F3N2O3/c1-20(28)7-4-13(5-8-20)6-10-26-11-9-25-19(27)18-17(26)15-12-14(21(22,23)24)2-3-16(15)29-18/h2-3,12-13,19,25,27-28H,4-11H2,1H3. The highest BCUT2D eigenvalue weighted by Crippen LogP contribution is 2.41. The van der Waals surface area contributed by atoms with Crippen LogP contribution in [0.25, 0.3) is 11.0 Å². The van der Waals surface area contributed by atoms with Gasteiger partial charge in [-0.15, -0.1) is 0 Å². The molecule has 1 saturated carbocycles. The summed E-state index contributed by atoms with van der Waals surface area (Å²) < 4.78 is 45.5. The van der Waals surface area contributed by atoms with Crippen molar-refractivity contribution in [3.8, 4) is 0 Å². The number of alkyl halides is 3. The van der Waals surface area contributed by atoms with Crippen molar-refractivity contribution in [1.82, 2.24) is 5.32 Å². The minimum atomic E-state index is -4.44. The number of anilines is 1. The number of furan rings is 1. The molecule has 2 heterocycles. The van der Waals surface area contributed by atoms with Gasteiger partial charge in [0.05, 0.1) is 16.9 Å². The van der Waals surface area contributed by atoms with E-state index < -0.39 is 23.6 Å². The largest absolute Gasteiger partial charge is 0.455 e. The Labute approximate surface area is 167 Å². The first-order chi connectivity index (χ1) is 13.6. The summed E-state index contributed by atoms with van der Waals surface area (Å²) in [5.41, 5.74) is -0.430. The van der Waals surface area contributed by atoms with Gasteiger partial charge >= 0.3 is 6.18 Å². The van der Waals surface area contributed by atoms with Crippen molar-refractivity contribution in [1.29, 1.82) is 0 Å². The van der Waals surface area contributed by atoms with Crippen LogP contribution in [-0.2, 0) is 6.18 Å². The Hall–Kier alpha value is -1.77. The van der Waals surface area contributed by atoms with Crippen molar-refractivity contribution in [2.75, 3.05) is 24.5 Å². The maximum atomic E-state index is 13.2.